The predicted octanol–water partition coefficient (Wildman–Crippen LogP) is 0.461. The third kappa shape index (κ3) is 6.73. The van der Waals surface area contributed by atoms with Crippen LogP contribution in [0, 0.1) is 0 Å². The largest absolute Gasteiger partial charge is 0.476 e. The zero-order valence-corrected chi connectivity index (χ0v) is 17.3. The minimum absolute atomic E-state index is 0.0862. The summed E-state index contributed by atoms with van der Waals surface area (Å²) >= 11 is 0. The Morgan fingerprint density at radius 2 is 1.52 bits per heavy atom. The van der Waals surface area contributed by atoms with Gasteiger partial charge in [-0.25, -0.2) is 9.39 Å². The van der Waals surface area contributed by atoms with Crippen molar-refractivity contribution in [1.29, 1.82) is 0 Å². The highest BCUT2D eigenvalue weighted by atomic mass is 32.2. The van der Waals surface area contributed by atoms with Crippen LogP contribution in [0.15, 0.2) is 12.2 Å². The molecule has 0 spiro atoms. The van der Waals surface area contributed by atoms with Gasteiger partial charge < -0.3 is 9.59 Å². The van der Waals surface area contributed by atoms with E-state index < -0.39 is 25.4 Å². The first-order valence-corrected chi connectivity index (χ1v) is 9.16. The van der Waals surface area contributed by atoms with Crippen LogP contribution in [-0.2, 0) is 19.7 Å². The Morgan fingerprint density at radius 1 is 1.12 bits per heavy atom. The van der Waals surface area contributed by atoms with E-state index in [2.05, 4.69) is 12.0 Å². The lowest BCUT2D eigenvalue weighted by molar-refractivity contribution is -0.923. The van der Waals surface area contributed by atoms with Crippen molar-refractivity contribution < 1.29 is 36.7 Å². The van der Waals surface area contributed by atoms with Crippen molar-refractivity contribution in [2.75, 3.05) is 41.8 Å². The second-order valence-corrected chi connectivity index (χ2v) is 8.78. The second-order valence-electron chi connectivity index (χ2n) is 7.15. The molecular weight excluding hydrogens is 350 g/mol. The van der Waals surface area contributed by atoms with Gasteiger partial charge in [-0.2, -0.15) is 13.8 Å². The van der Waals surface area contributed by atoms with Crippen LogP contribution >= 0.6 is 0 Å². The van der Waals surface area contributed by atoms with E-state index in [-0.39, 0.29) is 12.3 Å². The van der Waals surface area contributed by atoms with Crippen LogP contribution in [0.5, 0.6) is 0 Å². The molecule has 0 fully saturated rings. The van der Waals surface area contributed by atoms with E-state index in [1.807, 2.05) is 21.0 Å². The van der Waals surface area contributed by atoms with Crippen molar-refractivity contribution in [1.82, 2.24) is 5.43 Å². The Balaban J connectivity index is 0. The van der Waals surface area contributed by atoms with Crippen molar-refractivity contribution >= 4 is 22.0 Å². The summed E-state index contributed by atoms with van der Waals surface area (Å²) < 4.78 is 31.4. The maximum absolute atomic E-state index is 11.1. The lowest BCUT2D eigenvalue weighted by Crippen LogP contribution is -2.65. The van der Waals surface area contributed by atoms with Gasteiger partial charge in [-0.15, -0.1) is 0 Å². The van der Waals surface area contributed by atoms with Gasteiger partial charge in [-0.3, -0.25) is 9.35 Å². The molecule has 1 amide bonds. The molecule has 0 heterocycles. The fourth-order valence-corrected chi connectivity index (χ4v) is 3.28. The Labute approximate surface area is 150 Å². The van der Waals surface area contributed by atoms with E-state index in [1.54, 1.807) is 6.92 Å². The third-order valence-electron chi connectivity index (χ3n) is 3.91. The molecule has 25 heavy (non-hydrogen) atoms. The molecule has 9 nitrogen and oxygen atoms in total. The molecule has 0 aromatic rings. The van der Waals surface area contributed by atoms with Gasteiger partial charge in [-0.1, -0.05) is 13.5 Å². The molecule has 0 saturated carbocycles. The minimum Gasteiger partial charge on any atom is -0.476 e. The summed E-state index contributed by atoms with van der Waals surface area (Å²) in [5.74, 6) is -1.63. The van der Waals surface area contributed by atoms with Crippen molar-refractivity contribution in [3.8, 4) is 0 Å². The maximum atomic E-state index is 11.1. The van der Waals surface area contributed by atoms with Gasteiger partial charge in [-0.05, 0) is 13.8 Å². The quantitative estimate of drug-likeness (QED) is 0.254. The van der Waals surface area contributed by atoms with Gasteiger partial charge in [0.05, 0.1) is 41.8 Å². The van der Waals surface area contributed by atoms with Crippen LogP contribution in [0.25, 0.3) is 0 Å². The highest BCUT2D eigenvalue weighted by molar-refractivity contribution is 7.87. The van der Waals surface area contributed by atoms with E-state index in [1.165, 1.54) is 28.1 Å². The van der Waals surface area contributed by atoms with E-state index in [4.69, 9.17) is 9.66 Å². The van der Waals surface area contributed by atoms with Gasteiger partial charge in [0.25, 0.3) is 5.91 Å². The zero-order chi connectivity index (χ0) is 20.9. The number of nitrogens with zero attached hydrogens (tertiary/aromatic N) is 2. The number of carbonyl (C=O) groups is 2. The molecule has 10 heteroatoms. The molecule has 0 aliphatic carbocycles. The summed E-state index contributed by atoms with van der Waals surface area (Å²) in [6, 6.07) is 0. The Bertz CT molecular complexity index is 607. The summed E-state index contributed by atoms with van der Waals surface area (Å²) in [4.78, 5) is 19.9. The van der Waals surface area contributed by atoms with Crippen LogP contribution in [0.1, 0.15) is 27.2 Å². The number of hydrogen-bond donors (Lipinski definition) is 3. The number of quaternary nitrogens is 2. The third-order valence-corrected chi connectivity index (χ3v) is 5.77. The monoisotopic (exact) mass is 383 g/mol. The first-order chi connectivity index (χ1) is 10.9. The Morgan fingerprint density at radius 3 is 1.64 bits per heavy atom. The number of amides is 1. The van der Waals surface area contributed by atoms with E-state index in [9.17, 15) is 18.0 Å². The lowest BCUT2D eigenvalue weighted by Gasteiger charge is -2.39. The molecule has 0 aliphatic heterocycles. The molecule has 0 bridgehead atoms. The average molecular weight is 384 g/mol. The molecule has 1 atom stereocenters. The molecule has 0 aromatic heterocycles. The number of aliphatic carboxylic acids is 1. The number of carboxylic acids is 1. The molecule has 3 N–H and O–H groups in total. The molecule has 0 saturated heterocycles. The zero-order valence-electron chi connectivity index (χ0n) is 16.5. The normalized spacial score (nSPS) is 14.6. The minimum atomic E-state index is -4.66. The highest BCUT2D eigenvalue weighted by Crippen LogP contribution is 2.29. The Hall–Kier alpha value is -1.49. The standard InChI is InChI=1S/C8H16N2O.C7H15NO5S/c1-6-10(4,5)9-8(11)7(2)3;1-5-7(6(9)10,8(2,3)4)14(11,12)13/h2,6H2,1,3-5H3;5H2,1-4H3,(H-,9,10,11,12,13)/p+2. The second kappa shape index (κ2) is 8.75. The fraction of sp³-hybridized carbons (Fsp3) is 0.733. The van der Waals surface area contributed by atoms with E-state index >= 15 is 0 Å². The molecule has 1 unspecified atom stereocenters. The molecule has 0 aromatic carbocycles. The van der Waals surface area contributed by atoms with Gasteiger partial charge >= 0.3 is 21.0 Å². The average Bonchev–Trinajstić information content (AvgIpc) is 2.36. The number of hydrogen-bond acceptors (Lipinski definition) is 4. The molecule has 148 valence electrons. The van der Waals surface area contributed by atoms with Crippen LogP contribution < -0.4 is 5.43 Å². The fourth-order valence-electron chi connectivity index (χ4n) is 2.00. The van der Waals surface area contributed by atoms with Gasteiger partial charge in [0.2, 0.25) is 0 Å². The van der Waals surface area contributed by atoms with E-state index in [0.29, 0.717) is 10.2 Å². The number of carbonyl (C=O) groups excluding carboxylic acids is 1. The topological polar surface area (TPSA) is 121 Å². The van der Waals surface area contributed by atoms with Crippen molar-refractivity contribution in [3.63, 3.8) is 0 Å². The molecule has 0 aliphatic rings. The van der Waals surface area contributed by atoms with Crippen LogP contribution in [0.2, 0.25) is 0 Å². The van der Waals surface area contributed by atoms with Gasteiger partial charge in [0.1, 0.15) is 0 Å². The number of likely N-dealkylation sites (N-methyl/N-ethyl adjacent to an activating group) is 1. The smallest absolute Gasteiger partial charge is 0.384 e. The summed E-state index contributed by atoms with van der Waals surface area (Å²) in [5.41, 5.74) is 3.35. The number of rotatable bonds is 7. The molecular formula is C15H33N3O6S+2. The van der Waals surface area contributed by atoms with Gasteiger partial charge in [0.15, 0.2) is 0 Å². The highest BCUT2D eigenvalue weighted by Gasteiger charge is 2.60. The summed E-state index contributed by atoms with van der Waals surface area (Å²) in [7, 11) is 3.43. The van der Waals surface area contributed by atoms with Crippen molar-refractivity contribution in [2.45, 2.75) is 32.1 Å². The van der Waals surface area contributed by atoms with Crippen molar-refractivity contribution in [2.24, 2.45) is 0 Å². The first kappa shape index (κ1) is 25.7. The van der Waals surface area contributed by atoms with E-state index in [0.717, 1.165) is 6.54 Å². The number of carboxylic acid groups (broad SMARTS) is 1. The number of nitrogens with one attached hydrogen (secondary N) is 1. The summed E-state index contributed by atoms with van der Waals surface area (Å²) in [5, 5.41) is 8.94. The predicted molar refractivity (Wildman–Crippen MR) is 95.8 cm³/mol. The summed E-state index contributed by atoms with van der Waals surface area (Å²) in [6.45, 7) is 9.53. The van der Waals surface area contributed by atoms with Crippen LogP contribution in [0.4, 0.5) is 0 Å². The summed E-state index contributed by atoms with van der Waals surface area (Å²) in [6.07, 6.45) is -0.204. The molecule has 0 rings (SSSR count). The van der Waals surface area contributed by atoms with Gasteiger partial charge in [0, 0.05) is 12.0 Å². The van der Waals surface area contributed by atoms with Crippen LogP contribution in [0.3, 0.4) is 0 Å². The van der Waals surface area contributed by atoms with Crippen molar-refractivity contribution in [3.05, 3.63) is 12.2 Å². The van der Waals surface area contributed by atoms with Crippen LogP contribution in [-0.4, -0.2) is 85.7 Å². The SMILES string of the molecule is C=C(C)C(=O)N[N+](C)(C)CC.CCC(C(=O)O)([N+](C)(C)C)S(=O)(=O)O. The first-order valence-electron chi connectivity index (χ1n) is 7.72. The Kier molecular flexibility index (Phi) is 9.01. The molecule has 0 radical (unpaired) electrons. The lowest BCUT2D eigenvalue weighted by atomic mass is 10.1. The maximum Gasteiger partial charge on any atom is 0.384 e.